The molecule has 1 heterocycles. The van der Waals surface area contributed by atoms with Crippen LogP contribution in [-0.2, 0) is 9.53 Å². The minimum absolute atomic E-state index is 0.0127. The molecule has 1 aliphatic rings. The average Bonchev–Trinajstić information content (AvgIpc) is 2.64. The van der Waals surface area contributed by atoms with Gasteiger partial charge >= 0.3 is 0 Å². The number of carbonyl (C=O) groups excluding carboxylic acids is 1. The van der Waals surface area contributed by atoms with Crippen LogP contribution in [0.25, 0.3) is 0 Å². The summed E-state index contributed by atoms with van der Waals surface area (Å²) in [5.41, 5.74) is 1.75. The van der Waals surface area contributed by atoms with Crippen molar-refractivity contribution in [3.63, 3.8) is 0 Å². The highest BCUT2D eigenvalue weighted by molar-refractivity contribution is 9.10. The van der Waals surface area contributed by atoms with Crippen molar-refractivity contribution in [1.29, 1.82) is 0 Å². The molecule has 1 N–H and O–H groups in total. The molecule has 0 radical (unpaired) electrons. The van der Waals surface area contributed by atoms with Crippen molar-refractivity contribution in [1.82, 2.24) is 0 Å². The van der Waals surface area contributed by atoms with Gasteiger partial charge in [0.05, 0.1) is 24.6 Å². The molecule has 2 aromatic rings. The van der Waals surface area contributed by atoms with Crippen molar-refractivity contribution >= 4 is 56.6 Å². The normalized spacial score (nSPS) is 14.3. The van der Waals surface area contributed by atoms with Crippen molar-refractivity contribution in [3.05, 3.63) is 52.0 Å². The lowest BCUT2D eigenvalue weighted by Gasteiger charge is -2.30. The Labute approximate surface area is 171 Å². The zero-order valence-electron chi connectivity index (χ0n) is 14.2. The second-order valence-electron chi connectivity index (χ2n) is 5.84. The lowest BCUT2D eigenvalue weighted by molar-refractivity contribution is -0.115. The quantitative estimate of drug-likeness (QED) is 0.618. The molecular weight excluding hydrogens is 436 g/mol. The summed E-state index contributed by atoms with van der Waals surface area (Å²) in [6.45, 7) is 3.00. The van der Waals surface area contributed by atoms with Crippen LogP contribution in [0.3, 0.4) is 0 Å². The molecule has 4 nitrogen and oxygen atoms in total. The third kappa shape index (κ3) is 5.39. The summed E-state index contributed by atoms with van der Waals surface area (Å²) in [5, 5.41) is 3.63. The van der Waals surface area contributed by atoms with E-state index in [-0.39, 0.29) is 5.91 Å². The molecule has 1 amide bonds. The van der Waals surface area contributed by atoms with Gasteiger partial charge in [0.2, 0.25) is 5.91 Å². The van der Waals surface area contributed by atoms with Crippen LogP contribution < -0.4 is 10.2 Å². The highest BCUT2D eigenvalue weighted by atomic mass is 79.9. The predicted molar refractivity (Wildman–Crippen MR) is 113 cm³/mol. The van der Waals surface area contributed by atoms with Crippen LogP contribution >= 0.6 is 39.3 Å². The van der Waals surface area contributed by atoms with Crippen LogP contribution in [0.5, 0.6) is 0 Å². The van der Waals surface area contributed by atoms with Gasteiger partial charge in [0.25, 0.3) is 0 Å². The number of hydrogen-bond donors (Lipinski definition) is 1. The molecule has 0 unspecified atom stereocenters. The lowest BCUT2D eigenvalue weighted by atomic mass is 10.2. The highest BCUT2D eigenvalue weighted by Crippen LogP contribution is 2.31. The molecule has 1 aliphatic heterocycles. The van der Waals surface area contributed by atoms with E-state index in [0.717, 1.165) is 33.8 Å². The number of benzene rings is 2. The summed E-state index contributed by atoms with van der Waals surface area (Å²) >= 11 is 11.3. The first-order valence-corrected chi connectivity index (χ1v) is 10.6. The maximum absolute atomic E-state index is 12.4. The summed E-state index contributed by atoms with van der Waals surface area (Å²) in [6, 6.07) is 13.6. The number of nitrogens with one attached hydrogen (secondary N) is 1. The fraction of sp³-hybridized carbons (Fsp3) is 0.316. The molecule has 1 fully saturated rings. The number of carbonyl (C=O) groups is 1. The summed E-state index contributed by atoms with van der Waals surface area (Å²) in [5.74, 6) is 0.698. The van der Waals surface area contributed by atoms with E-state index in [0.29, 0.717) is 30.4 Å². The molecule has 26 heavy (non-hydrogen) atoms. The van der Waals surface area contributed by atoms with E-state index in [4.69, 9.17) is 16.3 Å². The van der Waals surface area contributed by atoms with Gasteiger partial charge in [0.15, 0.2) is 0 Å². The Morgan fingerprint density at radius 2 is 2.00 bits per heavy atom. The van der Waals surface area contributed by atoms with Crippen molar-refractivity contribution < 1.29 is 9.53 Å². The molecule has 0 saturated carbocycles. The molecule has 2 aromatic carbocycles. The Balaban J connectivity index is 1.59. The molecule has 138 valence electrons. The third-order valence-corrected chi connectivity index (χ3v) is 6.27. The topological polar surface area (TPSA) is 41.6 Å². The zero-order chi connectivity index (χ0) is 18.4. The molecule has 0 aromatic heterocycles. The van der Waals surface area contributed by atoms with Crippen molar-refractivity contribution in [2.45, 2.75) is 11.3 Å². The van der Waals surface area contributed by atoms with E-state index < -0.39 is 0 Å². The average molecular weight is 456 g/mol. The Morgan fingerprint density at radius 1 is 1.23 bits per heavy atom. The number of thioether (sulfide) groups is 1. The van der Waals surface area contributed by atoms with Gasteiger partial charge in [-0.15, -0.1) is 11.8 Å². The Bertz CT molecular complexity index is 769. The third-order valence-electron chi connectivity index (χ3n) is 4.01. The van der Waals surface area contributed by atoms with Crippen LogP contribution in [0.1, 0.15) is 6.42 Å². The molecule has 7 heteroatoms. The summed E-state index contributed by atoms with van der Waals surface area (Å²) in [7, 11) is 0. The number of hydrogen-bond acceptors (Lipinski definition) is 4. The van der Waals surface area contributed by atoms with Gasteiger partial charge in [-0.05, 0) is 46.3 Å². The molecular formula is C19H20BrClN2O2S. The number of amides is 1. The number of nitrogens with zero attached hydrogens (tertiary/aromatic N) is 1. The largest absolute Gasteiger partial charge is 0.378 e. The number of morpholine rings is 1. The molecule has 0 aliphatic carbocycles. The molecule has 0 atom stereocenters. The maximum Gasteiger partial charge on any atom is 0.225 e. The lowest BCUT2D eigenvalue weighted by Crippen LogP contribution is -2.36. The molecule has 0 bridgehead atoms. The van der Waals surface area contributed by atoms with E-state index in [1.807, 2.05) is 42.5 Å². The predicted octanol–water partition coefficient (Wildman–Crippen LogP) is 5.06. The number of anilines is 2. The van der Waals surface area contributed by atoms with Crippen LogP contribution in [0.15, 0.2) is 51.8 Å². The standard InChI is InChI=1S/C19H20BrClN2O2S/c20-15-3-1-2-4-18(15)26-12-7-19(24)22-16-13-14(21)5-6-17(16)23-8-10-25-11-9-23/h1-6,13H,7-12H2,(H,22,24). The van der Waals surface area contributed by atoms with Crippen molar-refractivity contribution in [2.75, 3.05) is 42.3 Å². The van der Waals surface area contributed by atoms with E-state index >= 15 is 0 Å². The Kier molecular flexibility index (Phi) is 7.25. The van der Waals surface area contributed by atoms with Crippen LogP contribution in [0.4, 0.5) is 11.4 Å². The second-order valence-corrected chi connectivity index (χ2v) is 8.27. The van der Waals surface area contributed by atoms with E-state index in [2.05, 4.69) is 26.1 Å². The first kappa shape index (κ1) is 19.5. The van der Waals surface area contributed by atoms with Crippen LogP contribution in [0.2, 0.25) is 5.02 Å². The van der Waals surface area contributed by atoms with Gasteiger partial charge in [0, 0.05) is 39.7 Å². The number of halogens is 2. The number of rotatable bonds is 6. The van der Waals surface area contributed by atoms with Crippen molar-refractivity contribution in [3.8, 4) is 0 Å². The fourth-order valence-electron chi connectivity index (χ4n) is 2.72. The van der Waals surface area contributed by atoms with Gasteiger partial charge in [-0.2, -0.15) is 0 Å². The summed E-state index contributed by atoms with van der Waals surface area (Å²) in [6.07, 6.45) is 0.432. The van der Waals surface area contributed by atoms with E-state index in [1.165, 1.54) is 0 Å². The summed E-state index contributed by atoms with van der Waals surface area (Å²) in [4.78, 5) is 15.8. The smallest absolute Gasteiger partial charge is 0.225 e. The zero-order valence-corrected chi connectivity index (χ0v) is 17.4. The monoisotopic (exact) mass is 454 g/mol. The first-order valence-electron chi connectivity index (χ1n) is 8.43. The first-order chi connectivity index (χ1) is 12.6. The molecule has 1 saturated heterocycles. The van der Waals surface area contributed by atoms with Gasteiger partial charge in [-0.25, -0.2) is 0 Å². The summed E-state index contributed by atoms with van der Waals surface area (Å²) < 4.78 is 6.46. The molecule has 3 rings (SSSR count). The Hall–Kier alpha value is -1.21. The van der Waals surface area contributed by atoms with E-state index in [9.17, 15) is 4.79 Å². The minimum Gasteiger partial charge on any atom is -0.378 e. The van der Waals surface area contributed by atoms with Crippen molar-refractivity contribution in [2.24, 2.45) is 0 Å². The minimum atomic E-state index is -0.0127. The highest BCUT2D eigenvalue weighted by Gasteiger charge is 2.16. The Morgan fingerprint density at radius 3 is 2.77 bits per heavy atom. The SMILES string of the molecule is O=C(CCSc1ccccc1Br)Nc1cc(Cl)ccc1N1CCOCC1. The maximum atomic E-state index is 12.4. The van der Waals surface area contributed by atoms with E-state index in [1.54, 1.807) is 11.8 Å². The van der Waals surface area contributed by atoms with Gasteiger partial charge in [-0.1, -0.05) is 23.7 Å². The van der Waals surface area contributed by atoms with Gasteiger partial charge in [-0.3, -0.25) is 4.79 Å². The fourth-order valence-corrected chi connectivity index (χ4v) is 4.40. The van der Waals surface area contributed by atoms with Gasteiger partial charge in [0.1, 0.15) is 0 Å². The van der Waals surface area contributed by atoms with Crippen LogP contribution in [-0.4, -0.2) is 38.0 Å². The van der Waals surface area contributed by atoms with Crippen LogP contribution in [0, 0.1) is 0 Å². The van der Waals surface area contributed by atoms with Gasteiger partial charge < -0.3 is 15.0 Å². The second kappa shape index (κ2) is 9.65. The number of ether oxygens (including phenoxy) is 1. The molecule has 0 spiro atoms.